The van der Waals surface area contributed by atoms with Gasteiger partial charge in [0.15, 0.2) is 0 Å². The SMILES string of the molecule is CCCCN(CCCC)C(=O)c1ccc2ccccc2n1. The number of nitrogens with zero attached hydrogens (tertiary/aromatic N) is 2. The van der Waals surface area contributed by atoms with Crippen molar-refractivity contribution < 1.29 is 4.79 Å². The second-order valence-electron chi connectivity index (χ2n) is 5.39. The monoisotopic (exact) mass is 284 g/mol. The third-order valence-electron chi connectivity index (χ3n) is 3.67. The van der Waals surface area contributed by atoms with Gasteiger partial charge in [0.05, 0.1) is 5.52 Å². The van der Waals surface area contributed by atoms with E-state index in [9.17, 15) is 4.79 Å². The van der Waals surface area contributed by atoms with E-state index < -0.39 is 0 Å². The van der Waals surface area contributed by atoms with Crippen molar-refractivity contribution in [2.75, 3.05) is 13.1 Å². The molecule has 0 aliphatic heterocycles. The summed E-state index contributed by atoms with van der Waals surface area (Å²) in [6.07, 6.45) is 4.29. The molecule has 0 saturated heterocycles. The number of hydrogen-bond donors (Lipinski definition) is 0. The number of carbonyl (C=O) groups is 1. The maximum absolute atomic E-state index is 12.7. The number of aromatic nitrogens is 1. The number of fused-ring (bicyclic) bond motifs is 1. The largest absolute Gasteiger partial charge is 0.337 e. The summed E-state index contributed by atoms with van der Waals surface area (Å²) in [6, 6.07) is 11.7. The van der Waals surface area contributed by atoms with E-state index in [0.29, 0.717) is 5.69 Å². The van der Waals surface area contributed by atoms with Crippen LogP contribution < -0.4 is 0 Å². The molecule has 0 spiro atoms. The summed E-state index contributed by atoms with van der Waals surface area (Å²) in [5.41, 5.74) is 1.44. The zero-order chi connectivity index (χ0) is 15.1. The standard InChI is InChI=1S/C18H24N2O/c1-3-5-13-20(14-6-4-2)18(21)17-12-11-15-9-7-8-10-16(15)19-17/h7-12H,3-6,13-14H2,1-2H3. The van der Waals surface area contributed by atoms with Crippen molar-refractivity contribution in [3.63, 3.8) is 0 Å². The van der Waals surface area contributed by atoms with Crippen molar-refractivity contribution in [1.29, 1.82) is 0 Å². The highest BCUT2D eigenvalue weighted by Crippen LogP contribution is 2.14. The van der Waals surface area contributed by atoms with Gasteiger partial charge in [0.1, 0.15) is 5.69 Å². The number of rotatable bonds is 7. The van der Waals surface area contributed by atoms with Gasteiger partial charge in [-0.1, -0.05) is 51.0 Å². The Hall–Kier alpha value is -1.90. The minimum absolute atomic E-state index is 0.0580. The first-order valence-electron chi connectivity index (χ1n) is 7.91. The summed E-state index contributed by atoms with van der Waals surface area (Å²) in [5.74, 6) is 0.0580. The van der Waals surface area contributed by atoms with E-state index in [-0.39, 0.29) is 5.91 Å². The number of benzene rings is 1. The van der Waals surface area contributed by atoms with Gasteiger partial charge in [0.25, 0.3) is 5.91 Å². The zero-order valence-corrected chi connectivity index (χ0v) is 13.0. The normalized spacial score (nSPS) is 10.8. The summed E-state index contributed by atoms with van der Waals surface area (Å²) in [4.78, 5) is 19.1. The van der Waals surface area contributed by atoms with E-state index in [1.807, 2.05) is 41.3 Å². The van der Waals surface area contributed by atoms with Crippen LogP contribution in [0, 0.1) is 0 Å². The van der Waals surface area contributed by atoms with Gasteiger partial charge in [0, 0.05) is 18.5 Å². The summed E-state index contributed by atoms with van der Waals surface area (Å²) >= 11 is 0. The Bertz CT molecular complexity index is 587. The number of carbonyl (C=O) groups excluding carboxylic acids is 1. The lowest BCUT2D eigenvalue weighted by molar-refractivity contribution is 0.0745. The average molecular weight is 284 g/mol. The van der Waals surface area contributed by atoms with Gasteiger partial charge in [-0.15, -0.1) is 0 Å². The molecule has 0 aliphatic rings. The van der Waals surface area contributed by atoms with Crippen molar-refractivity contribution in [1.82, 2.24) is 9.88 Å². The van der Waals surface area contributed by atoms with E-state index in [1.54, 1.807) is 0 Å². The molecule has 0 N–H and O–H groups in total. The fourth-order valence-corrected chi connectivity index (χ4v) is 2.36. The van der Waals surface area contributed by atoms with Gasteiger partial charge in [-0.05, 0) is 25.0 Å². The van der Waals surface area contributed by atoms with Crippen molar-refractivity contribution in [2.45, 2.75) is 39.5 Å². The lowest BCUT2D eigenvalue weighted by Crippen LogP contribution is -2.33. The molecule has 0 bridgehead atoms. The summed E-state index contributed by atoms with van der Waals surface area (Å²) in [5, 5.41) is 1.07. The van der Waals surface area contributed by atoms with Crippen LogP contribution in [-0.2, 0) is 0 Å². The summed E-state index contributed by atoms with van der Waals surface area (Å²) in [6.45, 7) is 5.95. The predicted octanol–water partition coefficient (Wildman–Crippen LogP) is 4.28. The smallest absolute Gasteiger partial charge is 0.272 e. The number of pyridine rings is 1. The van der Waals surface area contributed by atoms with Gasteiger partial charge in [-0.2, -0.15) is 0 Å². The molecule has 0 aliphatic carbocycles. The Labute approximate surface area is 127 Å². The molecule has 1 aromatic heterocycles. The van der Waals surface area contributed by atoms with Gasteiger partial charge >= 0.3 is 0 Å². The quantitative estimate of drug-likeness (QED) is 0.760. The van der Waals surface area contributed by atoms with Gasteiger partial charge < -0.3 is 4.90 Å². The van der Waals surface area contributed by atoms with E-state index in [1.165, 1.54) is 0 Å². The molecule has 1 amide bonds. The van der Waals surface area contributed by atoms with Crippen LogP contribution in [0.25, 0.3) is 10.9 Å². The second-order valence-corrected chi connectivity index (χ2v) is 5.39. The minimum atomic E-state index is 0.0580. The summed E-state index contributed by atoms with van der Waals surface area (Å²) in [7, 11) is 0. The molecule has 1 heterocycles. The maximum atomic E-state index is 12.7. The Balaban J connectivity index is 2.20. The van der Waals surface area contributed by atoms with Gasteiger partial charge in [-0.25, -0.2) is 4.98 Å². The van der Waals surface area contributed by atoms with Gasteiger partial charge in [-0.3, -0.25) is 4.79 Å². The van der Waals surface area contributed by atoms with E-state index in [4.69, 9.17) is 0 Å². The van der Waals surface area contributed by atoms with Crippen LogP contribution in [0.15, 0.2) is 36.4 Å². The van der Waals surface area contributed by atoms with Crippen molar-refractivity contribution >= 4 is 16.8 Å². The Kier molecular flexibility index (Phi) is 5.73. The highest BCUT2D eigenvalue weighted by molar-refractivity contribution is 5.94. The number of unbranched alkanes of at least 4 members (excludes halogenated alkanes) is 2. The van der Waals surface area contributed by atoms with Crippen LogP contribution >= 0.6 is 0 Å². The molecule has 1 aromatic carbocycles. The molecular weight excluding hydrogens is 260 g/mol. The zero-order valence-electron chi connectivity index (χ0n) is 13.0. The third-order valence-corrected chi connectivity index (χ3v) is 3.67. The van der Waals surface area contributed by atoms with Crippen molar-refractivity contribution in [3.8, 4) is 0 Å². The molecular formula is C18H24N2O. The Morgan fingerprint density at radius 1 is 1.00 bits per heavy atom. The molecule has 2 rings (SSSR count). The first-order chi connectivity index (χ1) is 10.3. The van der Waals surface area contributed by atoms with Crippen LogP contribution in [0.5, 0.6) is 0 Å². The molecule has 21 heavy (non-hydrogen) atoms. The highest BCUT2D eigenvalue weighted by atomic mass is 16.2. The highest BCUT2D eigenvalue weighted by Gasteiger charge is 2.16. The molecule has 0 fully saturated rings. The number of para-hydroxylation sites is 1. The maximum Gasteiger partial charge on any atom is 0.272 e. The molecule has 2 aromatic rings. The molecule has 0 radical (unpaired) electrons. The van der Waals surface area contributed by atoms with Crippen LogP contribution in [0.1, 0.15) is 50.0 Å². The van der Waals surface area contributed by atoms with E-state index in [2.05, 4.69) is 18.8 Å². The van der Waals surface area contributed by atoms with Crippen molar-refractivity contribution in [2.24, 2.45) is 0 Å². The summed E-state index contributed by atoms with van der Waals surface area (Å²) < 4.78 is 0. The molecule has 0 atom stereocenters. The van der Waals surface area contributed by atoms with Crippen LogP contribution in [0.4, 0.5) is 0 Å². The first kappa shape index (κ1) is 15.5. The topological polar surface area (TPSA) is 33.2 Å². The fraction of sp³-hybridized carbons (Fsp3) is 0.444. The molecule has 0 unspecified atom stereocenters. The van der Waals surface area contributed by atoms with E-state index in [0.717, 1.165) is 49.7 Å². The minimum Gasteiger partial charge on any atom is -0.337 e. The van der Waals surface area contributed by atoms with Crippen LogP contribution in [0.2, 0.25) is 0 Å². The predicted molar refractivity (Wildman–Crippen MR) is 87.5 cm³/mol. The molecule has 112 valence electrons. The number of amides is 1. The lowest BCUT2D eigenvalue weighted by Gasteiger charge is -2.22. The second kappa shape index (κ2) is 7.77. The van der Waals surface area contributed by atoms with E-state index >= 15 is 0 Å². The Morgan fingerprint density at radius 3 is 2.33 bits per heavy atom. The number of hydrogen-bond acceptors (Lipinski definition) is 2. The molecule has 3 heteroatoms. The molecule has 3 nitrogen and oxygen atoms in total. The van der Waals surface area contributed by atoms with Crippen LogP contribution in [-0.4, -0.2) is 28.9 Å². The lowest BCUT2D eigenvalue weighted by atomic mass is 10.2. The average Bonchev–Trinajstić information content (AvgIpc) is 2.54. The first-order valence-corrected chi connectivity index (χ1v) is 7.91. The third kappa shape index (κ3) is 4.03. The Morgan fingerprint density at radius 2 is 1.67 bits per heavy atom. The van der Waals surface area contributed by atoms with Crippen molar-refractivity contribution in [3.05, 3.63) is 42.1 Å². The van der Waals surface area contributed by atoms with Crippen LogP contribution in [0.3, 0.4) is 0 Å². The fourth-order valence-electron chi connectivity index (χ4n) is 2.36. The van der Waals surface area contributed by atoms with Gasteiger partial charge in [0.2, 0.25) is 0 Å². The molecule has 0 saturated carbocycles.